The number of carbonyl (C=O) groups is 1. The number of rotatable bonds is 4. The lowest BCUT2D eigenvalue weighted by Gasteiger charge is -2.32. The highest BCUT2D eigenvalue weighted by Crippen LogP contribution is 2.29. The molecule has 0 saturated carbocycles. The molecule has 6 heteroatoms. The van der Waals surface area contributed by atoms with E-state index >= 15 is 0 Å². The number of benzene rings is 1. The summed E-state index contributed by atoms with van der Waals surface area (Å²) in [5, 5.41) is 0. The molecule has 0 radical (unpaired) electrons. The van der Waals surface area contributed by atoms with Gasteiger partial charge in [-0.05, 0) is 38.9 Å². The molecule has 1 aromatic carbocycles. The van der Waals surface area contributed by atoms with E-state index in [9.17, 15) is 4.79 Å². The van der Waals surface area contributed by atoms with Gasteiger partial charge in [0, 0.05) is 56.0 Å². The van der Waals surface area contributed by atoms with Crippen LogP contribution in [0, 0.1) is 0 Å². The van der Waals surface area contributed by atoms with Crippen molar-refractivity contribution in [2.24, 2.45) is 0 Å². The Morgan fingerprint density at radius 3 is 2.79 bits per heavy atom. The molecular formula is C22H28N4O2. The first-order valence-electron chi connectivity index (χ1n) is 10.2. The van der Waals surface area contributed by atoms with Crippen molar-refractivity contribution >= 4 is 5.91 Å². The smallest absolute Gasteiger partial charge is 0.257 e. The maximum atomic E-state index is 13.0. The van der Waals surface area contributed by atoms with E-state index in [-0.39, 0.29) is 5.91 Å². The number of hydrogen-bond acceptors (Lipinski definition) is 5. The zero-order chi connectivity index (χ0) is 19.5. The Kier molecular flexibility index (Phi) is 5.57. The quantitative estimate of drug-likeness (QED) is 0.816. The number of aromatic nitrogens is 2. The van der Waals surface area contributed by atoms with E-state index in [2.05, 4.69) is 16.9 Å². The molecule has 148 valence electrons. The van der Waals surface area contributed by atoms with Crippen molar-refractivity contribution in [1.29, 1.82) is 0 Å². The number of carbonyl (C=O) groups excluding carboxylic acids is 1. The van der Waals surface area contributed by atoms with E-state index in [1.807, 2.05) is 42.3 Å². The van der Waals surface area contributed by atoms with Crippen LogP contribution in [-0.4, -0.2) is 59.0 Å². The minimum Gasteiger partial charge on any atom is -0.493 e. The second-order valence-electron chi connectivity index (χ2n) is 7.68. The summed E-state index contributed by atoms with van der Waals surface area (Å²) in [5.74, 6) is 2.00. The number of amides is 1. The van der Waals surface area contributed by atoms with Crippen molar-refractivity contribution < 1.29 is 9.53 Å². The van der Waals surface area contributed by atoms with E-state index in [1.54, 1.807) is 0 Å². The molecule has 2 aliphatic rings. The maximum absolute atomic E-state index is 13.0. The third-order valence-electron chi connectivity index (χ3n) is 5.71. The number of para-hydroxylation sites is 1. The number of hydrogen-bond donors (Lipinski definition) is 0. The second-order valence-corrected chi connectivity index (χ2v) is 7.68. The van der Waals surface area contributed by atoms with Crippen LogP contribution in [0.2, 0.25) is 0 Å². The van der Waals surface area contributed by atoms with Crippen LogP contribution < -0.4 is 4.74 Å². The molecule has 1 amide bonds. The van der Waals surface area contributed by atoms with Crippen LogP contribution in [0.5, 0.6) is 5.75 Å². The molecule has 0 atom stereocenters. The maximum Gasteiger partial charge on any atom is 0.257 e. The van der Waals surface area contributed by atoms with E-state index in [0.717, 1.165) is 51.3 Å². The van der Waals surface area contributed by atoms with Crippen LogP contribution in [0.25, 0.3) is 0 Å². The number of piperidine rings is 1. The molecule has 0 aliphatic carbocycles. The molecule has 0 spiro atoms. The van der Waals surface area contributed by atoms with Gasteiger partial charge in [0.15, 0.2) is 0 Å². The molecule has 0 unspecified atom stereocenters. The van der Waals surface area contributed by atoms with Crippen LogP contribution in [-0.2, 0) is 13.0 Å². The minimum absolute atomic E-state index is 0.0527. The Labute approximate surface area is 166 Å². The van der Waals surface area contributed by atoms with Crippen molar-refractivity contribution in [3.63, 3.8) is 0 Å². The lowest BCUT2D eigenvalue weighted by molar-refractivity contribution is 0.0707. The van der Waals surface area contributed by atoms with Gasteiger partial charge in [-0.2, -0.15) is 0 Å². The highest BCUT2D eigenvalue weighted by atomic mass is 16.5. The Bertz CT molecular complexity index is 846. The summed E-state index contributed by atoms with van der Waals surface area (Å²) in [6.45, 7) is 5.93. The monoisotopic (exact) mass is 380 g/mol. The third-order valence-corrected chi connectivity index (χ3v) is 5.71. The summed E-state index contributed by atoms with van der Waals surface area (Å²) in [5.41, 5.74) is 3.10. The molecule has 1 saturated heterocycles. The largest absolute Gasteiger partial charge is 0.493 e. The molecule has 3 heterocycles. The van der Waals surface area contributed by atoms with Gasteiger partial charge in [0.1, 0.15) is 11.6 Å². The van der Waals surface area contributed by atoms with Gasteiger partial charge in [-0.1, -0.05) is 12.1 Å². The number of fused-ring (bicyclic) bond motifs is 1. The molecule has 0 N–H and O–H groups in total. The van der Waals surface area contributed by atoms with Gasteiger partial charge in [-0.25, -0.2) is 9.97 Å². The van der Waals surface area contributed by atoms with E-state index in [1.165, 1.54) is 11.3 Å². The predicted octanol–water partition coefficient (Wildman–Crippen LogP) is 2.88. The number of likely N-dealkylation sites (N-methyl/N-ethyl adjacent to an activating group) is 1. The molecule has 1 aromatic heterocycles. The molecule has 2 aliphatic heterocycles. The highest BCUT2D eigenvalue weighted by Gasteiger charge is 2.28. The normalized spacial score (nSPS) is 18.0. The average molecular weight is 380 g/mol. The van der Waals surface area contributed by atoms with Crippen LogP contribution in [0.15, 0.2) is 30.5 Å². The lowest BCUT2D eigenvalue weighted by atomic mass is 9.94. The Balaban J connectivity index is 1.42. The van der Waals surface area contributed by atoms with Gasteiger partial charge < -0.3 is 14.5 Å². The molecule has 1 fully saturated rings. The Morgan fingerprint density at radius 1 is 1.21 bits per heavy atom. The van der Waals surface area contributed by atoms with E-state index < -0.39 is 0 Å². The molecule has 2 aromatic rings. The zero-order valence-corrected chi connectivity index (χ0v) is 16.7. The number of nitrogens with zero attached hydrogens (tertiary/aromatic N) is 4. The van der Waals surface area contributed by atoms with E-state index in [0.29, 0.717) is 23.8 Å². The summed E-state index contributed by atoms with van der Waals surface area (Å²) in [6, 6.07) is 7.50. The molecule has 6 nitrogen and oxygen atoms in total. The SMILES string of the molecule is CCOc1ccccc1C(=O)N1CCC(c2ncc3c(n2)CCN(C)C3)CC1. The molecule has 4 rings (SSSR count). The van der Waals surface area contributed by atoms with Gasteiger partial charge in [0.05, 0.1) is 12.2 Å². The average Bonchev–Trinajstić information content (AvgIpc) is 2.74. The van der Waals surface area contributed by atoms with Crippen LogP contribution >= 0.6 is 0 Å². The highest BCUT2D eigenvalue weighted by molar-refractivity contribution is 5.97. The van der Waals surface area contributed by atoms with Crippen LogP contribution in [0.1, 0.15) is 53.1 Å². The van der Waals surface area contributed by atoms with Crippen molar-refractivity contribution in [2.45, 2.75) is 38.6 Å². The van der Waals surface area contributed by atoms with Gasteiger partial charge in [-0.15, -0.1) is 0 Å². The molecule has 28 heavy (non-hydrogen) atoms. The first-order valence-corrected chi connectivity index (χ1v) is 10.2. The summed E-state index contributed by atoms with van der Waals surface area (Å²) in [7, 11) is 2.13. The summed E-state index contributed by atoms with van der Waals surface area (Å²) in [4.78, 5) is 26.7. The fourth-order valence-electron chi connectivity index (χ4n) is 4.11. The van der Waals surface area contributed by atoms with E-state index in [4.69, 9.17) is 9.72 Å². The van der Waals surface area contributed by atoms with Gasteiger partial charge >= 0.3 is 0 Å². The summed E-state index contributed by atoms with van der Waals surface area (Å²) < 4.78 is 5.63. The first-order chi connectivity index (χ1) is 13.7. The topological polar surface area (TPSA) is 58.6 Å². The van der Waals surface area contributed by atoms with Gasteiger partial charge in [0.25, 0.3) is 5.91 Å². The van der Waals surface area contributed by atoms with Crippen molar-refractivity contribution in [3.8, 4) is 5.75 Å². The van der Waals surface area contributed by atoms with Crippen molar-refractivity contribution in [1.82, 2.24) is 19.8 Å². The minimum atomic E-state index is 0.0527. The fourth-order valence-corrected chi connectivity index (χ4v) is 4.11. The van der Waals surface area contributed by atoms with Crippen molar-refractivity contribution in [2.75, 3.05) is 33.3 Å². The van der Waals surface area contributed by atoms with Crippen molar-refractivity contribution in [3.05, 3.63) is 53.1 Å². The van der Waals surface area contributed by atoms with Gasteiger partial charge in [0.2, 0.25) is 0 Å². The standard InChI is InChI=1S/C22H28N4O2/c1-3-28-20-7-5-4-6-18(20)22(27)26-12-8-16(9-13-26)21-23-14-17-15-25(2)11-10-19(17)24-21/h4-7,14,16H,3,8-13,15H2,1-2H3. The Morgan fingerprint density at radius 2 is 2.00 bits per heavy atom. The number of ether oxygens (including phenoxy) is 1. The van der Waals surface area contributed by atoms with Gasteiger partial charge in [-0.3, -0.25) is 4.79 Å². The zero-order valence-electron chi connectivity index (χ0n) is 16.7. The summed E-state index contributed by atoms with van der Waals surface area (Å²) in [6.07, 6.45) is 4.80. The van der Waals surface area contributed by atoms with Crippen LogP contribution in [0.4, 0.5) is 0 Å². The third kappa shape index (κ3) is 3.87. The molecular weight excluding hydrogens is 352 g/mol. The summed E-state index contributed by atoms with van der Waals surface area (Å²) >= 11 is 0. The van der Waals surface area contributed by atoms with Crippen LogP contribution in [0.3, 0.4) is 0 Å². The second kappa shape index (κ2) is 8.27. The Hall–Kier alpha value is -2.47. The number of likely N-dealkylation sites (tertiary alicyclic amines) is 1. The molecule has 0 bridgehead atoms. The lowest BCUT2D eigenvalue weighted by Crippen LogP contribution is -2.38. The predicted molar refractivity (Wildman–Crippen MR) is 108 cm³/mol. The fraction of sp³-hybridized carbons (Fsp3) is 0.500. The first kappa shape index (κ1) is 18.9.